The van der Waals surface area contributed by atoms with Gasteiger partial charge in [-0.25, -0.2) is 12.7 Å². The summed E-state index contributed by atoms with van der Waals surface area (Å²) < 4.78 is 26.1. The highest BCUT2D eigenvalue weighted by atomic mass is 32.2. The Morgan fingerprint density at radius 1 is 1.24 bits per heavy atom. The molecule has 0 aliphatic carbocycles. The van der Waals surface area contributed by atoms with E-state index in [-0.39, 0.29) is 11.4 Å². The minimum atomic E-state index is -3.38. The van der Waals surface area contributed by atoms with Crippen molar-refractivity contribution in [2.24, 2.45) is 11.7 Å². The first-order valence-electron chi connectivity index (χ1n) is 6.83. The summed E-state index contributed by atoms with van der Waals surface area (Å²) in [5.41, 5.74) is 6.11. The summed E-state index contributed by atoms with van der Waals surface area (Å²) in [4.78, 5) is 10.1. The Morgan fingerprint density at radius 2 is 1.81 bits per heavy atom. The molecular formula is C13H19N3O4S. The van der Waals surface area contributed by atoms with E-state index in [1.54, 1.807) is 0 Å². The van der Waals surface area contributed by atoms with E-state index in [2.05, 4.69) is 0 Å². The lowest BCUT2D eigenvalue weighted by Crippen LogP contribution is -2.40. The van der Waals surface area contributed by atoms with Crippen LogP contribution in [-0.4, -0.2) is 37.3 Å². The monoisotopic (exact) mass is 313 g/mol. The number of nitrogens with two attached hydrogens (primary N) is 1. The van der Waals surface area contributed by atoms with Gasteiger partial charge >= 0.3 is 0 Å². The lowest BCUT2D eigenvalue weighted by Gasteiger charge is -2.30. The molecular weight excluding hydrogens is 294 g/mol. The van der Waals surface area contributed by atoms with Gasteiger partial charge in [0.15, 0.2) is 0 Å². The highest BCUT2D eigenvalue weighted by molar-refractivity contribution is 7.88. The predicted molar refractivity (Wildman–Crippen MR) is 79.1 cm³/mol. The van der Waals surface area contributed by atoms with Crippen molar-refractivity contribution in [3.63, 3.8) is 0 Å². The summed E-state index contributed by atoms with van der Waals surface area (Å²) in [5.74, 6) is 0.272. The lowest BCUT2D eigenvalue weighted by molar-refractivity contribution is -0.384. The fourth-order valence-electron chi connectivity index (χ4n) is 2.44. The molecule has 1 aliphatic heterocycles. The second kappa shape index (κ2) is 6.50. The van der Waals surface area contributed by atoms with Crippen LogP contribution < -0.4 is 5.73 Å². The van der Waals surface area contributed by atoms with Crippen molar-refractivity contribution in [3.8, 4) is 0 Å². The van der Waals surface area contributed by atoms with E-state index < -0.39 is 14.9 Å². The van der Waals surface area contributed by atoms with Crippen LogP contribution in [0.5, 0.6) is 0 Å². The third-order valence-electron chi connectivity index (χ3n) is 3.80. The molecule has 1 fully saturated rings. The van der Waals surface area contributed by atoms with Gasteiger partial charge in [-0.1, -0.05) is 12.1 Å². The third-order valence-corrected chi connectivity index (χ3v) is 5.65. The van der Waals surface area contributed by atoms with Gasteiger partial charge in [0, 0.05) is 25.2 Å². The van der Waals surface area contributed by atoms with Crippen molar-refractivity contribution >= 4 is 15.7 Å². The number of hydrogen-bond acceptors (Lipinski definition) is 5. The molecule has 7 nitrogen and oxygen atoms in total. The van der Waals surface area contributed by atoms with E-state index in [1.807, 2.05) is 0 Å². The topological polar surface area (TPSA) is 107 Å². The number of nitro groups is 1. The van der Waals surface area contributed by atoms with Crippen molar-refractivity contribution < 1.29 is 13.3 Å². The van der Waals surface area contributed by atoms with E-state index >= 15 is 0 Å². The Hall–Kier alpha value is -1.51. The summed E-state index contributed by atoms with van der Waals surface area (Å²) in [6.45, 7) is 1.59. The quantitative estimate of drug-likeness (QED) is 0.647. The minimum absolute atomic E-state index is 0.0418. The predicted octanol–water partition coefficient (Wildman–Crippen LogP) is 1.10. The van der Waals surface area contributed by atoms with Gasteiger partial charge in [-0.3, -0.25) is 10.1 Å². The van der Waals surface area contributed by atoms with Crippen molar-refractivity contribution in [1.29, 1.82) is 0 Å². The molecule has 1 aromatic carbocycles. The zero-order valence-corrected chi connectivity index (χ0v) is 12.5. The average Bonchev–Trinajstić information content (AvgIpc) is 2.47. The zero-order valence-electron chi connectivity index (χ0n) is 11.6. The molecule has 0 amide bonds. The maximum Gasteiger partial charge on any atom is 0.269 e. The number of rotatable bonds is 5. The van der Waals surface area contributed by atoms with Crippen molar-refractivity contribution in [1.82, 2.24) is 4.31 Å². The van der Waals surface area contributed by atoms with Gasteiger partial charge in [0.1, 0.15) is 0 Å². The average molecular weight is 313 g/mol. The molecule has 0 radical (unpaired) electrons. The summed E-state index contributed by atoms with van der Waals surface area (Å²) >= 11 is 0. The summed E-state index contributed by atoms with van der Waals surface area (Å²) in [6, 6.07) is 5.63. The van der Waals surface area contributed by atoms with Crippen molar-refractivity contribution in [2.75, 3.05) is 19.6 Å². The Kier molecular flexibility index (Phi) is 4.92. The van der Waals surface area contributed by atoms with Crippen LogP contribution in [0.3, 0.4) is 0 Å². The number of nitrogens with zero attached hydrogens (tertiary/aromatic N) is 2. The van der Waals surface area contributed by atoms with E-state index in [9.17, 15) is 18.5 Å². The molecule has 0 unspecified atom stereocenters. The molecule has 21 heavy (non-hydrogen) atoms. The second-order valence-corrected chi connectivity index (χ2v) is 7.23. The Morgan fingerprint density at radius 3 is 2.29 bits per heavy atom. The fraction of sp³-hybridized carbons (Fsp3) is 0.538. The highest BCUT2D eigenvalue weighted by Gasteiger charge is 2.27. The number of nitro benzene ring substituents is 1. The molecule has 1 saturated heterocycles. The van der Waals surface area contributed by atoms with E-state index in [0.717, 1.165) is 12.8 Å². The fourth-order valence-corrected chi connectivity index (χ4v) is 4.00. The van der Waals surface area contributed by atoms with Crippen molar-refractivity contribution in [3.05, 3.63) is 39.9 Å². The molecule has 0 saturated carbocycles. The number of sulfonamides is 1. The standard InChI is InChI=1S/C13H19N3O4S/c14-9-11-5-7-15(8-6-11)21(19,20)10-12-1-3-13(4-2-12)16(17)18/h1-4,11H,5-10,14H2. The van der Waals surface area contributed by atoms with E-state index in [4.69, 9.17) is 5.73 Å². The lowest BCUT2D eigenvalue weighted by atomic mass is 9.99. The SMILES string of the molecule is NCC1CCN(S(=O)(=O)Cc2ccc([N+](=O)[O-])cc2)CC1. The van der Waals surface area contributed by atoms with Gasteiger partial charge in [-0.2, -0.15) is 0 Å². The van der Waals surface area contributed by atoms with E-state index in [1.165, 1.54) is 28.6 Å². The van der Waals surface area contributed by atoms with Crippen LogP contribution in [0, 0.1) is 16.0 Å². The van der Waals surface area contributed by atoms with Crippen LogP contribution in [0.1, 0.15) is 18.4 Å². The van der Waals surface area contributed by atoms with Crippen LogP contribution >= 0.6 is 0 Å². The molecule has 2 N–H and O–H groups in total. The number of hydrogen-bond donors (Lipinski definition) is 1. The molecule has 0 aromatic heterocycles. The van der Waals surface area contributed by atoms with Crippen LogP contribution in [0.15, 0.2) is 24.3 Å². The third kappa shape index (κ3) is 3.99. The number of piperidine rings is 1. The van der Waals surface area contributed by atoms with Gasteiger partial charge in [-0.05, 0) is 30.9 Å². The molecule has 0 bridgehead atoms. The van der Waals surface area contributed by atoms with Gasteiger partial charge in [0.05, 0.1) is 10.7 Å². The largest absolute Gasteiger partial charge is 0.330 e. The summed E-state index contributed by atoms with van der Waals surface area (Å²) in [6.07, 6.45) is 1.58. The molecule has 1 heterocycles. The van der Waals surface area contributed by atoms with Gasteiger partial charge in [-0.15, -0.1) is 0 Å². The molecule has 1 aliphatic rings. The van der Waals surface area contributed by atoms with E-state index in [0.29, 0.717) is 31.1 Å². The maximum absolute atomic E-state index is 12.3. The first kappa shape index (κ1) is 15.9. The molecule has 116 valence electrons. The molecule has 0 spiro atoms. The van der Waals surface area contributed by atoms with Gasteiger partial charge < -0.3 is 5.73 Å². The zero-order chi connectivity index (χ0) is 15.5. The summed E-state index contributed by atoms with van der Waals surface area (Å²) in [7, 11) is -3.38. The number of non-ortho nitro benzene ring substituents is 1. The molecule has 0 atom stereocenters. The summed E-state index contributed by atoms with van der Waals surface area (Å²) in [5, 5.41) is 10.6. The Labute approximate surface area is 123 Å². The minimum Gasteiger partial charge on any atom is -0.330 e. The second-order valence-electron chi connectivity index (χ2n) is 5.26. The van der Waals surface area contributed by atoms with Gasteiger partial charge in [0.2, 0.25) is 10.0 Å². The highest BCUT2D eigenvalue weighted by Crippen LogP contribution is 2.21. The maximum atomic E-state index is 12.3. The van der Waals surface area contributed by atoms with Crippen molar-refractivity contribution in [2.45, 2.75) is 18.6 Å². The number of benzene rings is 1. The Bertz CT molecular complexity index is 592. The first-order chi connectivity index (χ1) is 9.92. The molecule has 2 rings (SSSR count). The smallest absolute Gasteiger partial charge is 0.269 e. The van der Waals surface area contributed by atoms with Crippen LogP contribution in [0.25, 0.3) is 0 Å². The van der Waals surface area contributed by atoms with Crippen LogP contribution in [0.2, 0.25) is 0 Å². The molecule has 1 aromatic rings. The van der Waals surface area contributed by atoms with Crippen LogP contribution in [0.4, 0.5) is 5.69 Å². The van der Waals surface area contributed by atoms with Gasteiger partial charge in [0.25, 0.3) is 5.69 Å². The molecule has 8 heteroatoms. The normalized spacial score (nSPS) is 17.8. The van der Waals surface area contributed by atoms with Crippen LogP contribution in [-0.2, 0) is 15.8 Å². The Balaban J connectivity index is 2.02. The first-order valence-corrected chi connectivity index (χ1v) is 8.44.